The number of hydrogen-bond donors (Lipinski definition) is 2. The van der Waals surface area contributed by atoms with E-state index in [4.69, 9.17) is 12.2 Å². The summed E-state index contributed by atoms with van der Waals surface area (Å²) in [5, 5.41) is 9.75. The number of aryl methyl sites for hydroxylation is 1. The minimum atomic E-state index is 0.179. The normalized spacial score (nSPS) is 12.2. The fraction of sp³-hybridized carbons (Fsp3) is 0.500. The summed E-state index contributed by atoms with van der Waals surface area (Å²) in [5.41, 5.74) is 1.06. The van der Waals surface area contributed by atoms with Crippen LogP contribution in [0.1, 0.15) is 23.7 Å². The molecule has 0 fully saturated rings. The molecule has 1 atom stereocenters. The molecule has 0 amide bonds. The maximum atomic E-state index is 4.99. The predicted molar refractivity (Wildman–Crippen MR) is 60.1 cm³/mol. The molecule has 1 unspecified atom stereocenters. The molecule has 0 spiro atoms. The third-order valence-corrected chi connectivity index (χ3v) is 3.05. The zero-order valence-corrected chi connectivity index (χ0v) is 9.55. The van der Waals surface area contributed by atoms with Crippen molar-refractivity contribution < 1.29 is 0 Å². The standard InChI is InChI=1S/C8H13N3S2/c1-5-4-13-7(10-5)6(2)11-8(12)9-3/h4,6H,1-3H3,(H2,9,11,12). The van der Waals surface area contributed by atoms with Gasteiger partial charge in [0.15, 0.2) is 5.11 Å². The Morgan fingerprint density at radius 3 is 2.85 bits per heavy atom. The van der Waals surface area contributed by atoms with Gasteiger partial charge in [0.05, 0.1) is 6.04 Å². The van der Waals surface area contributed by atoms with Crippen molar-refractivity contribution in [3.8, 4) is 0 Å². The van der Waals surface area contributed by atoms with E-state index in [2.05, 4.69) is 15.6 Å². The van der Waals surface area contributed by atoms with Crippen LogP contribution in [0, 0.1) is 6.92 Å². The van der Waals surface area contributed by atoms with Crippen LogP contribution < -0.4 is 10.6 Å². The maximum absolute atomic E-state index is 4.99. The Morgan fingerprint density at radius 1 is 1.69 bits per heavy atom. The summed E-state index contributed by atoms with van der Waals surface area (Å²) in [5.74, 6) is 0. The Labute approximate surface area is 87.6 Å². The minimum Gasteiger partial charge on any atom is -0.366 e. The molecule has 13 heavy (non-hydrogen) atoms. The van der Waals surface area contributed by atoms with Crippen LogP contribution in [0.15, 0.2) is 5.38 Å². The van der Waals surface area contributed by atoms with Gasteiger partial charge in [0.2, 0.25) is 0 Å². The molecule has 0 aliphatic heterocycles. The highest BCUT2D eigenvalue weighted by Gasteiger charge is 2.09. The molecule has 0 radical (unpaired) electrons. The smallest absolute Gasteiger partial charge is 0.166 e. The van der Waals surface area contributed by atoms with Crippen molar-refractivity contribution in [1.29, 1.82) is 0 Å². The average molecular weight is 215 g/mol. The molecule has 5 heteroatoms. The first-order chi connectivity index (χ1) is 6.13. The van der Waals surface area contributed by atoms with Crippen LogP contribution in [0.4, 0.5) is 0 Å². The van der Waals surface area contributed by atoms with Crippen LogP contribution in [-0.4, -0.2) is 17.1 Å². The molecule has 0 aromatic carbocycles. The van der Waals surface area contributed by atoms with Gasteiger partial charge in [-0.1, -0.05) is 0 Å². The lowest BCUT2D eigenvalue weighted by atomic mass is 10.3. The summed E-state index contributed by atoms with van der Waals surface area (Å²) in [4.78, 5) is 4.37. The summed E-state index contributed by atoms with van der Waals surface area (Å²) in [6.45, 7) is 4.03. The maximum Gasteiger partial charge on any atom is 0.166 e. The second-order valence-corrected chi connectivity index (χ2v) is 4.07. The zero-order chi connectivity index (χ0) is 9.84. The van der Waals surface area contributed by atoms with Crippen molar-refractivity contribution in [1.82, 2.24) is 15.6 Å². The summed E-state index contributed by atoms with van der Waals surface area (Å²) < 4.78 is 0. The molecule has 1 heterocycles. The lowest BCUT2D eigenvalue weighted by Gasteiger charge is -2.12. The molecule has 0 saturated heterocycles. The summed E-state index contributed by atoms with van der Waals surface area (Å²) >= 11 is 6.64. The molecule has 0 aliphatic carbocycles. The van der Waals surface area contributed by atoms with Gasteiger partial charge in [-0.05, 0) is 26.1 Å². The van der Waals surface area contributed by atoms with Crippen molar-refractivity contribution in [2.24, 2.45) is 0 Å². The number of thiocarbonyl (C=S) groups is 1. The van der Waals surface area contributed by atoms with Crippen molar-refractivity contribution in [3.63, 3.8) is 0 Å². The number of nitrogens with zero attached hydrogens (tertiary/aromatic N) is 1. The summed E-state index contributed by atoms with van der Waals surface area (Å²) in [7, 11) is 1.80. The number of aromatic nitrogens is 1. The largest absolute Gasteiger partial charge is 0.366 e. The van der Waals surface area contributed by atoms with E-state index >= 15 is 0 Å². The van der Waals surface area contributed by atoms with Gasteiger partial charge in [-0.15, -0.1) is 11.3 Å². The van der Waals surface area contributed by atoms with Crippen LogP contribution >= 0.6 is 23.6 Å². The van der Waals surface area contributed by atoms with Gasteiger partial charge in [0.25, 0.3) is 0 Å². The topological polar surface area (TPSA) is 37.0 Å². The third kappa shape index (κ3) is 2.93. The van der Waals surface area contributed by atoms with E-state index in [9.17, 15) is 0 Å². The second kappa shape index (κ2) is 4.53. The van der Waals surface area contributed by atoms with Gasteiger partial charge in [-0.2, -0.15) is 0 Å². The van der Waals surface area contributed by atoms with E-state index in [1.165, 1.54) is 0 Å². The number of hydrogen-bond acceptors (Lipinski definition) is 3. The van der Waals surface area contributed by atoms with Crippen LogP contribution in [0.3, 0.4) is 0 Å². The number of thiazole rings is 1. The van der Waals surface area contributed by atoms with Gasteiger partial charge < -0.3 is 10.6 Å². The van der Waals surface area contributed by atoms with Gasteiger partial charge >= 0.3 is 0 Å². The molecular weight excluding hydrogens is 202 g/mol. The Balaban J connectivity index is 2.58. The van der Waals surface area contributed by atoms with Crippen LogP contribution in [-0.2, 0) is 0 Å². The first-order valence-electron chi connectivity index (χ1n) is 4.03. The highest BCUT2D eigenvalue weighted by atomic mass is 32.1. The minimum absolute atomic E-state index is 0.179. The Hall–Kier alpha value is -0.680. The lowest BCUT2D eigenvalue weighted by molar-refractivity contribution is 0.701. The van der Waals surface area contributed by atoms with Crippen molar-refractivity contribution in [2.75, 3.05) is 7.05 Å². The summed E-state index contributed by atoms with van der Waals surface area (Å²) in [6, 6.07) is 0.179. The highest BCUT2D eigenvalue weighted by Crippen LogP contribution is 2.16. The van der Waals surface area contributed by atoms with E-state index in [0.29, 0.717) is 5.11 Å². The van der Waals surface area contributed by atoms with Gasteiger partial charge in [-0.25, -0.2) is 4.98 Å². The van der Waals surface area contributed by atoms with Crippen molar-refractivity contribution in [3.05, 3.63) is 16.1 Å². The van der Waals surface area contributed by atoms with Crippen molar-refractivity contribution in [2.45, 2.75) is 19.9 Å². The first-order valence-corrected chi connectivity index (χ1v) is 5.32. The third-order valence-electron chi connectivity index (χ3n) is 1.58. The highest BCUT2D eigenvalue weighted by molar-refractivity contribution is 7.80. The van der Waals surface area contributed by atoms with Gasteiger partial charge in [0.1, 0.15) is 5.01 Å². The van der Waals surface area contributed by atoms with Crippen LogP contribution in [0.2, 0.25) is 0 Å². The van der Waals surface area contributed by atoms with Crippen LogP contribution in [0.5, 0.6) is 0 Å². The van der Waals surface area contributed by atoms with E-state index in [-0.39, 0.29) is 6.04 Å². The second-order valence-electron chi connectivity index (χ2n) is 2.77. The first kappa shape index (κ1) is 10.4. The Morgan fingerprint density at radius 2 is 2.38 bits per heavy atom. The van der Waals surface area contributed by atoms with E-state index in [0.717, 1.165) is 10.7 Å². The zero-order valence-electron chi connectivity index (χ0n) is 7.92. The summed E-state index contributed by atoms with van der Waals surface area (Å²) in [6.07, 6.45) is 0. The SMILES string of the molecule is CNC(=S)NC(C)c1nc(C)cs1. The van der Waals surface area contributed by atoms with E-state index in [1.54, 1.807) is 18.4 Å². The number of rotatable bonds is 2. The quantitative estimate of drug-likeness (QED) is 0.735. The molecule has 3 nitrogen and oxygen atoms in total. The molecule has 0 bridgehead atoms. The molecule has 2 N–H and O–H groups in total. The molecule has 0 saturated carbocycles. The lowest BCUT2D eigenvalue weighted by Crippen LogP contribution is -2.34. The molecule has 72 valence electrons. The number of nitrogens with one attached hydrogen (secondary N) is 2. The average Bonchev–Trinajstić information content (AvgIpc) is 2.51. The molecule has 1 aromatic heterocycles. The van der Waals surface area contributed by atoms with Crippen molar-refractivity contribution >= 4 is 28.7 Å². The Kier molecular flexibility index (Phi) is 3.62. The molecule has 1 aromatic rings. The Bertz CT molecular complexity index is 295. The monoisotopic (exact) mass is 215 g/mol. The fourth-order valence-corrected chi connectivity index (χ4v) is 1.88. The van der Waals surface area contributed by atoms with E-state index in [1.807, 2.05) is 19.2 Å². The van der Waals surface area contributed by atoms with E-state index < -0.39 is 0 Å². The predicted octanol–water partition coefficient (Wildman–Crippen LogP) is 1.61. The fourth-order valence-electron chi connectivity index (χ4n) is 0.902. The van der Waals surface area contributed by atoms with Gasteiger partial charge in [-0.3, -0.25) is 0 Å². The van der Waals surface area contributed by atoms with Crippen LogP contribution in [0.25, 0.3) is 0 Å². The molecule has 0 aliphatic rings. The molecule has 1 rings (SSSR count). The molecular formula is C8H13N3S2. The van der Waals surface area contributed by atoms with Gasteiger partial charge in [0, 0.05) is 18.1 Å².